The molecule has 0 saturated heterocycles. The van der Waals surface area contributed by atoms with E-state index in [2.05, 4.69) is 58.7 Å². The van der Waals surface area contributed by atoms with Crippen LogP contribution >= 0.6 is 0 Å². The highest BCUT2D eigenvalue weighted by Crippen LogP contribution is 2.40. The van der Waals surface area contributed by atoms with Gasteiger partial charge in [0, 0.05) is 42.1 Å². The summed E-state index contributed by atoms with van der Waals surface area (Å²) in [5, 5.41) is 23.0. The van der Waals surface area contributed by atoms with Gasteiger partial charge in [-0.2, -0.15) is 0 Å². The van der Waals surface area contributed by atoms with Gasteiger partial charge < -0.3 is 24.8 Å². The van der Waals surface area contributed by atoms with E-state index >= 15 is 0 Å². The number of non-ortho nitro benzene ring substituents is 1. The average Bonchev–Trinajstić information content (AvgIpc) is 3.17. The number of aliphatic carboxylic acids is 1. The highest BCUT2D eigenvalue weighted by Gasteiger charge is 2.40. The summed E-state index contributed by atoms with van der Waals surface area (Å²) in [5.74, 6) is -2.88. The van der Waals surface area contributed by atoms with Crippen LogP contribution in [0.1, 0.15) is 68.2 Å². The zero-order valence-corrected chi connectivity index (χ0v) is 32.6. The third-order valence-electron chi connectivity index (χ3n) is 9.24. The molecule has 11 heteroatoms. The van der Waals surface area contributed by atoms with Crippen LogP contribution in [0.3, 0.4) is 0 Å². The standard InChI is InChI=1S/C36H41N3O6.C9H8O2/c1-24-31(34(40)44-6)33(28-18-13-19-29(22-28)39(42)43)32(25(2)37-24)35(41)45-36(3,4)23-38(5)21-20-30(26-14-9-7-10-15-26)27-16-11-8-12-17-27;10-9(11)7-6-8-4-2-1-3-5-8/h7-19,22,30,33,37H,20-21,23H2,1-6H3;1-7H,(H,10,11). The molecule has 5 rings (SSSR count). The number of carboxylic acids is 1. The van der Waals surface area contributed by atoms with E-state index in [0.717, 1.165) is 24.6 Å². The molecular formula is C45H49N3O8. The first-order valence-corrected chi connectivity index (χ1v) is 18.2. The number of hydrogen-bond donors (Lipinski definition) is 2. The third kappa shape index (κ3) is 11.8. The Kier molecular flexibility index (Phi) is 15.0. The van der Waals surface area contributed by atoms with Gasteiger partial charge in [0.05, 0.1) is 29.1 Å². The minimum absolute atomic E-state index is 0.149. The summed E-state index contributed by atoms with van der Waals surface area (Å²) in [6.45, 7) is 8.34. The SMILES string of the molecule is COC(=O)C1=C(C)NC(C)=C(C(=O)OC(C)(C)CN(C)CCC(c2ccccc2)c2ccccc2)C1c1cccc([N+](=O)[O-])c1.O=C(O)C=Cc1ccccc1. The first-order chi connectivity index (χ1) is 26.7. The highest BCUT2D eigenvalue weighted by molar-refractivity contribution is 6.00. The van der Waals surface area contributed by atoms with E-state index in [9.17, 15) is 24.5 Å². The molecule has 11 nitrogen and oxygen atoms in total. The number of carbonyl (C=O) groups excluding carboxylic acids is 2. The molecule has 292 valence electrons. The van der Waals surface area contributed by atoms with E-state index in [-0.39, 0.29) is 22.8 Å². The second-order valence-electron chi connectivity index (χ2n) is 14.1. The molecule has 1 atom stereocenters. The fourth-order valence-corrected chi connectivity index (χ4v) is 6.84. The molecule has 0 bridgehead atoms. The number of likely N-dealkylation sites (N-methyl/N-ethyl adjacent to an activating group) is 1. The molecule has 1 unspecified atom stereocenters. The molecule has 0 aliphatic carbocycles. The van der Waals surface area contributed by atoms with Crippen LogP contribution in [0.5, 0.6) is 0 Å². The van der Waals surface area contributed by atoms with E-state index in [4.69, 9.17) is 14.6 Å². The Morgan fingerprint density at radius 2 is 1.39 bits per heavy atom. The van der Waals surface area contributed by atoms with Gasteiger partial charge >= 0.3 is 17.9 Å². The second-order valence-corrected chi connectivity index (χ2v) is 14.1. The molecular weight excluding hydrogens is 711 g/mol. The Hall–Kier alpha value is -6.33. The number of nitrogens with zero attached hydrogens (tertiary/aromatic N) is 2. The van der Waals surface area contributed by atoms with Gasteiger partial charge in [-0.1, -0.05) is 103 Å². The molecule has 1 aliphatic heterocycles. The average molecular weight is 760 g/mol. The molecule has 1 aliphatic rings. The number of allylic oxidation sites excluding steroid dienone is 2. The number of carboxylic acid groups (broad SMARTS) is 1. The van der Waals surface area contributed by atoms with Gasteiger partial charge in [0.15, 0.2) is 0 Å². The predicted octanol–water partition coefficient (Wildman–Crippen LogP) is 8.26. The first kappa shape index (κ1) is 42.4. The summed E-state index contributed by atoms with van der Waals surface area (Å²) in [5.41, 5.74) is 4.14. The van der Waals surface area contributed by atoms with Crippen molar-refractivity contribution in [2.45, 2.75) is 51.6 Å². The maximum atomic E-state index is 14.0. The number of nitro benzene ring substituents is 1. The smallest absolute Gasteiger partial charge is 0.337 e. The number of ether oxygens (including phenoxy) is 2. The number of hydrogen-bond acceptors (Lipinski definition) is 9. The minimum Gasteiger partial charge on any atom is -0.478 e. The van der Waals surface area contributed by atoms with Crippen LogP contribution < -0.4 is 5.32 Å². The Balaban J connectivity index is 0.000000544. The summed E-state index contributed by atoms with van der Waals surface area (Å²) in [6, 6.07) is 36.1. The van der Waals surface area contributed by atoms with Crippen molar-refractivity contribution in [3.05, 3.63) is 176 Å². The van der Waals surface area contributed by atoms with E-state index in [1.165, 1.54) is 36.4 Å². The van der Waals surface area contributed by atoms with Crippen molar-refractivity contribution in [3.63, 3.8) is 0 Å². The van der Waals surface area contributed by atoms with Crippen LogP contribution in [0.25, 0.3) is 6.08 Å². The number of esters is 2. The van der Waals surface area contributed by atoms with Gasteiger partial charge in [0.25, 0.3) is 5.69 Å². The van der Waals surface area contributed by atoms with Crippen LogP contribution in [0, 0.1) is 10.1 Å². The van der Waals surface area contributed by atoms with E-state index in [1.807, 2.05) is 63.4 Å². The lowest BCUT2D eigenvalue weighted by Gasteiger charge is -2.34. The van der Waals surface area contributed by atoms with Crippen molar-refractivity contribution < 1.29 is 33.9 Å². The Labute approximate surface area is 328 Å². The lowest BCUT2D eigenvalue weighted by molar-refractivity contribution is -0.384. The van der Waals surface area contributed by atoms with Crippen LogP contribution in [-0.2, 0) is 23.9 Å². The molecule has 0 fully saturated rings. The topological polar surface area (TPSA) is 148 Å². The zero-order chi connectivity index (χ0) is 40.8. The first-order valence-electron chi connectivity index (χ1n) is 18.2. The molecule has 56 heavy (non-hydrogen) atoms. The summed E-state index contributed by atoms with van der Waals surface area (Å²) in [6.07, 6.45) is 3.54. The van der Waals surface area contributed by atoms with Crippen molar-refractivity contribution in [2.75, 3.05) is 27.2 Å². The van der Waals surface area contributed by atoms with Gasteiger partial charge in [-0.25, -0.2) is 14.4 Å². The van der Waals surface area contributed by atoms with E-state index < -0.39 is 34.4 Å². The molecule has 4 aromatic rings. The molecule has 1 heterocycles. The van der Waals surface area contributed by atoms with Gasteiger partial charge in [-0.3, -0.25) is 10.1 Å². The number of dihydropyridines is 1. The molecule has 2 N–H and O–H groups in total. The fraction of sp³-hybridized carbons (Fsp3) is 0.267. The minimum atomic E-state index is -0.922. The normalized spacial score (nSPS) is 14.2. The number of methoxy groups -OCH3 is 1. The summed E-state index contributed by atoms with van der Waals surface area (Å²) in [7, 11) is 3.26. The van der Waals surface area contributed by atoms with Gasteiger partial charge in [0.2, 0.25) is 0 Å². The number of rotatable bonds is 14. The number of nitro groups is 1. The Bertz CT molecular complexity index is 2040. The number of benzene rings is 4. The van der Waals surface area contributed by atoms with Crippen LogP contribution in [0.15, 0.2) is 144 Å². The predicted molar refractivity (Wildman–Crippen MR) is 217 cm³/mol. The largest absolute Gasteiger partial charge is 0.478 e. The summed E-state index contributed by atoms with van der Waals surface area (Å²) >= 11 is 0. The lowest BCUT2D eigenvalue weighted by atomic mass is 9.80. The molecule has 0 amide bonds. The monoisotopic (exact) mass is 759 g/mol. The van der Waals surface area contributed by atoms with Gasteiger partial charge in [-0.15, -0.1) is 0 Å². The second kappa shape index (κ2) is 19.8. The summed E-state index contributed by atoms with van der Waals surface area (Å²) < 4.78 is 11.2. The summed E-state index contributed by atoms with van der Waals surface area (Å²) in [4.78, 5) is 50.2. The Morgan fingerprint density at radius 1 is 0.857 bits per heavy atom. The zero-order valence-electron chi connectivity index (χ0n) is 32.6. The van der Waals surface area contributed by atoms with Gasteiger partial charge in [-0.05, 0) is 76.0 Å². The van der Waals surface area contributed by atoms with Crippen molar-refractivity contribution in [2.24, 2.45) is 0 Å². The molecule has 0 saturated carbocycles. The molecule has 4 aromatic carbocycles. The lowest BCUT2D eigenvalue weighted by Crippen LogP contribution is -2.42. The molecule has 0 spiro atoms. The van der Waals surface area contributed by atoms with Crippen LogP contribution in [0.2, 0.25) is 0 Å². The fourth-order valence-electron chi connectivity index (χ4n) is 6.84. The van der Waals surface area contributed by atoms with E-state index in [1.54, 1.807) is 26.0 Å². The highest BCUT2D eigenvalue weighted by atomic mass is 16.6. The van der Waals surface area contributed by atoms with Crippen molar-refractivity contribution in [1.29, 1.82) is 0 Å². The van der Waals surface area contributed by atoms with Crippen molar-refractivity contribution >= 4 is 29.7 Å². The van der Waals surface area contributed by atoms with Crippen LogP contribution in [-0.4, -0.2) is 65.7 Å². The maximum Gasteiger partial charge on any atom is 0.337 e. The van der Waals surface area contributed by atoms with Crippen molar-refractivity contribution in [1.82, 2.24) is 10.2 Å². The number of carbonyl (C=O) groups is 3. The third-order valence-corrected chi connectivity index (χ3v) is 9.24. The molecule has 0 radical (unpaired) electrons. The maximum absolute atomic E-state index is 14.0. The van der Waals surface area contributed by atoms with Crippen LogP contribution in [0.4, 0.5) is 5.69 Å². The molecule has 0 aromatic heterocycles. The Morgan fingerprint density at radius 3 is 1.91 bits per heavy atom. The van der Waals surface area contributed by atoms with Crippen molar-refractivity contribution in [3.8, 4) is 0 Å². The van der Waals surface area contributed by atoms with Gasteiger partial charge in [0.1, 0.15) is 5.60 Å². The quantitative estimate of drug-likeness (QED) is 0.0557. The van der Waals surface area contributed by atoms with E-state index in [0.29, 0.717) is 23.5 Å². The number of nitrogens with one attached hydrogen (secondary N) is 1.